The average molecular weight is 371 g/mol. The van der Waals surface area contributed by atoms with Gasteiger partial charge in [-0.1, -0.05) is 0 Å². The summed E-state index contributed by atoms with van der Waals surface area (Å²) in [5, 5.41) is 17.1. The van der Waals surface area contributed by atoms with Crippen molar-refractivity contribution in [2.45, 2.75) is 14.8 Å². The van der Waals surface area contributed by atoms with Crippen LogP contribution in [0.15, 0.2) is 52.2 Å². The quantitative estimate of drug-likeness (QED) is 0.352. The summed E-state index contributed by atoms with van der Waals surface area (Å²) >= 11 is -2.11. The molecule has 1 aromatic rings. The molecular weight excluding hydrogens is 355 g/mol. The van der Waals surface area contributed by atoms with E-state index in [1.807, 2.05) is 18.2 Å². The summed E-state index contributed by atoms with van der Waals surface area (Å²) in [6, 6.07) is 7.57. The molecule has 0 fully saturated rings. The number of rotatable bonds is 4. The van der Waals surface area contributed by atoms with Gasteiger partial charge in [0.25, 0.3) is 0 Å². The molecule has 4 heteroatoms. The Hall–Kier alpha value is -1.94. The fourth-order valence-electron chi connectivity index (χ4n) is 1.33. The van der Waals surface area contributed by atoms with Gasteiger partial charge in [-0.2, -0.15) is 0 Å². The summed E-state index contributed by atoms with van der Waals surface area (Å²) in [5.41, 5.74) is 2.91. The minimum atomic E-state index is -2.11. The van der Waals surface area contributed by atoms with Gasteiger partial charge in [0.15, 0.2) is 0 Å². The number of allylic oxidation sites excluding steroid dienone is 4. The molecule has 1 heterocycles. The zero-order valence-electron chi connectivity index (χ0n) is 11.8. The predicted molar refractivity (Wildman–Crippen MR) is 82.7 cm³/mol. The molecule has 0 atom stereocenters. The first-order chi connectivity index (χ1) is 9.47. The third-order valence-corrected chi connectivity index (χ3v) is 7.39. The molecule has 0 radical (unpaired) electrons. The van der Waals surface area contributed by atoms with Gasteiger partial charge in [-0.05, 0) is 0 Å². The molecular formula is C16H16N2OSn. The molecule has 0 bridgehead atoms. The molecule has 100 valence electrons. The van der Waals surface area contributed by atoms with E-state index >= 15 is 0 Å². The standard InChI is InChI=1S/C13H7N2O.3CH3.Sn/c14-10-12(11-15)6-3-1-2-4-7-13-8-5-9-16-13;;;;/h2-8H;3*1H3;. The summed E-state index contributed by atoms with van der Waals surface area (Å²) in [4.78, 5) is 6.91. The molecule has 0 aromatic carbocycles. The van der Waals surface area contributed by atoms with Gasteiger partial charge in [0.1, 0.15) is 0 Å². The van der Waals surface area contributed by atoms with E-state index < -0.39 is 18.4 Å². The SMILES string of the molecule is [CH3][Sn]([CH3])([CH3])[c]1ccc(C=CC=C=CC=C(C#N)C#N)o1. The van der Waals surface area contributed by atoms with E-state index in [0.717, 1.165) is 9.54 Å². The topological polar surface area (TPSA) is 60.7 Å². The van der Waals surface area contributed by atoms with Crippen molar-refractivity contribution in [1.82, 2.24) is 0 Å². The van der Waals surface area contributed by atoms with Gasteiger partial charge in [0, 0.05) is 0 Å². The maximum absolute atomic E-state index is 8.53. The zero-order chi connectivity index (χ0) is 15.0. The van der Waals surface area contributed by atoms with Crippen molar-refractivity contribution < 1.29 is 4.42 Å². The summed E-state index contributed by atoms with van der Waals surface area (Å²) in [5.74, 6) is 0.829. The molecule has 3 nitrogen and oxygen atoms in total. The van der Waals surface area contributed by atoms with Crippen LogP contribution >= 0.6 is 0 Å². The monoisotopic (exact) mass is 372 g/mol. The molecule has 0 amide bonds. The van der Waals surface area contributed by atoms with Gasteiger partial charge in [0.2, 0.25) is 0 Å². The van der Waals surface area contributed by atoms with Crippen LogP contribution in [0.2, 0.25) is 14.8 Å². The minimum absolute atomic E-state index is 0.0585. The second-order valence-electron chi connectivity index (χ2n) is 5.12. The molecule has 0 aliphatic rings. The first-order valence-electron chi connectivity index (χ1n) is 6.17. The van der Waals surface area contributed by atoms with Gasteiger partial charge in [-0.25, -0.2) is 0 Å². The average Bonchev–Trinajstić information content (AvgIpc) is 2.87. The maximum atomic E-state index is 8.53. The van der Waals surface area contributed by atoms with Crippen molar-refractivity contribution in [2.75, 3.05) is 0 Å². The van der Waals surface area contributed by atoms with Crippen LogP contribution < -0.4 is 3.78 Å². The van der Waals surface area contributed by atoms with Gasteiger partial charge in [-0.3, -0.25) is 0 Å². The first kappa shape index (κ1) is 16.1. The van der Waals surface area contributed by atoms with E-state index in [-0.39, 0.29) is 5.57 Å². The van der Waals surface area contributed by atoms with E-state index in [4.69, 9.17) is 14.9 Å². The van der Waals surface area contributed by atoms with Crippen molar-refractivity contribution >= 4 is 28.2 Å². The van der Waals surface area contributed by atoms with Crippen LogP contribution in [-0.2, 0) is 0 Å². The van der Waals surface area contributed by atoms with Crippen LogP contribution in [0.5, 0.6) is 0 Å². The predicted octanol–water partition coefficient (Wildman–Crippen LogP) is 3.52. The van der Waals surface area contributed by atoms with Crippen molar-refractivity contribution in [3.05, 3.63) is 53.5 Å². The Morgan fingerprint density at radius 2 is 1.85 bits per heavy atom. The van der Waals surface area contributed by atoms with Crippen LogP contribution in [0.1, 0.15) is 5.76 Å². The molecule has 1 aromatic heterocycles. The first-order valence-corrected chi connectivity index (χ1v) is 16.2. The van der Waals surface area contributed by atoms with Gasteiger partial charge in [-0.15, -0.1) is 0 Å². The number of hydrogen-bond acceptors (Lipinski definition) is 3. The molecule has 0 aliphatic carbocycles. The van der Waals surface area contributed by atoms with Crippen LogP contribution in [-0.4, -0.2) is 18.4 Å². The van der Waals surface area contributed by atoms with Gasteiger partial charge in [0.05, 0.1) is 0 Å². The van der Waals surface area contributed by atoms with E-state index in [1.54, 1.807) is 18.2 Å². The molecule has 1 rings (SSSR count). The number of hydrogen-bond donors (Lipinski definition) is 0. The van der Waals surface area contributed by atoms with Crippen LogP contribution in [0.4, 0.5) is 0 Å². The van der Waals surface area contributed by atoms with Crippen molar-refractivity contribution in [1.29, 1.82) is 10.5 Å². The molecule has 0 N–H and O–H groups in total. The summed E-state index contributed by atoms with van der Waals surface area (Å²) < 4.78 is 6.93. The number of furan rings is 1. The van der Waals surface area contributed by atoms with Crippen LogP contribution in [0, 0.1) is 22.7 Å². The van der Waals surface area contributed by atoms with Crippen LogP contribution in [0.25, 0.3) is 6.08 Å². The molecule has 0 saturated heterocycles. The molecule has 0 unspecified atom stereocenters. The van der Waals surface area contributed by atoms with Gasteiger partial charge >= 0.3 is 124 Å². The van der Waals surface area contributed by atoms with Crippen molar-refractivity contribution in [3.8, 4) is 12.1 Å². The Labute approximate surface area is 123 Å². The van der Waals surface area contributed by atoms with E-state index in [0.29, 0.717) is 0 Å². The molecule has 0 saturated carbocycles. The Morgan fingerprint density at radius 1 is 1.15 bits per heavy atom. The summed E-state index contributed by atoms with van der Waals surface area (Å²) in [6.07, 6.45) is 8.32. The Bertz CT molecular complexity index is 651. The molecule has 20 heavy (non-hydrogen) atoms. The third kappa shape index (κ3) is 5.36. The summed E-state index contributed by atoms with van der Waals surface area (Å²) in [7, 11) is 0. The van der Waals surface area contributed by atoms with Crippen LogP contribution in [0.3, 0.4) is 0 Å². The Balaban J connectivity index is 2.69. The van der Waals surface area contributed by atoms with E-state index in [9.17, 15) is 0 Å². The molecule has 0 spiro atoms. The Kier molecular flexibility index (Phi) is 6.12. The second-order valence-corrected chi connectivity index (χ2v) is 19.4. The number of nitrogens with zero attached hydrogens (tertiary/aromatic N) is 2. The summed E-state index contributed by atoms with van der Waals surface area (Å²) in [6.45, 7) is 0. The van der Waals surface area contributed by atoms with E-state index in [2.05, 4.69) is 26.6 Å². The number of nitriles is 2. The van der Waals surface area contributed by atoms with Crippen molar-refractivity contribution in [3.63, 3.8) is 0 Å². The second kappa shape index (κ2) is 7.60. The third-order valence-electron chi connectivity index (χ3n) is 2.41. The fourth-order valence-corrected chi connectivity index (χ4v) is 4.21. The van der Waals surface area contributed by atoms with Crippen molar-refractivity contribution in [2.24, 2.45) is 0 Å². The normalized spacial score (nSPS) is 10.2. The molecule has 0 aliphatic heterocycles. The fraction of sp³-hybridized carbons (Fsp3) is 0.188. The zero-order valence-corrected chi connectivity index (χ0v) is 14.7. The van der Waals surface area contributed by atoms with E-state index in [1.165, 1.54) is 12.2 Å². The Morgan fingerprint density at radius 3 is 2.40 bits per heavy atom. The van der Waals surface area contributed by atoms with Gasteiger partial charge < -0.3 is 0 Å².